The number of aryl methyl sites for hydroxylation is 1. The van der Waals surface area contributed by atoms with Crippen LogP contribution >= 0.6 is 11.8 Å². The zero-order chi connectivity index (χ0) is 19.0. The number of anilines is 1. The predicted molar refractivity (Wildman–Crippen MR) is 109 cm³/mol. The highest BCUT2D eigenvalue weighted by atomic mass is 32.2. The standard InChI is InChI=1S/C19H20N6OS/c1-4-14-20-10-13-18(26)21-15-16(22-19(27-3)23-17(15)25(13)14)24(2)11-12-8-6-5-7-9-12/h5-10H,4,11H2,1-3H3,(H,21,26). The first kappa shape index (κ1) is 17.5. The van der Waals surface area contributed by atoms with Crippen LogP contribution in [-0.4, -0.2) is 37.6 Å². The first-order valence-corrected chi connectivity index (χ1v) is 9.94. The van der Waals surface area contributed by atoms with Crippen molar-refractivity contribution >= 4 is 34.3 Å². The Morgan fingerprint density at radius 3 is 2.70 bits per heavy atom. The molecule has 7 nitrogen and oxygen atoms in total. The number of aromatic amines is 1. The molecule has 3 heterocycles. The van der Waals surface area contributed by atoms with Crippen LogP contribution in [0.1, 0.15) is 18.3 Å². The number of aromatic nitrogens is 5. The second-order valence-corrected chi connectivity index (χ2v) is 7.05. The first-order chi connectivity index (χ1) is 13.1. The third-order valence-electron chi connectivity index (χ3n) is 4.49. The van der Waals surface area contributed by atoms with Crippen LogP contribution in [0.15, 0.2) is 46.5 Å². The van der Waals surface area contributed by atoms with Gasteiger partial charge in [-0.15, -0.1) is 0 Å². The van der Waals surface area contributed by atoms with Gasteiger partial charge in [-0.2, -0.15) is 0 Å². The Bertz CT molecular complexity index is 1170. The fourth-order valence-corrected chi connectivity index (χ4v) is 3.56. The van der Waals surface area contributed by atoms with Crippen LogP contribution in [0, 0.1) is 0 Å². The van der Waals surface area contributed by atoms with E-state index in [4.69, 9.17) is 0 Å². The van der Waals surface area contributed by atoms with Crippen LogP contribution in [0.5, 0.6) is 0 Å². The van der Waals surface area contributed by atoms with Gasteiger partial charge in [-0.05, 0) is 11.8 Å². The topological polar surface area (TPSA) is 79.2 Å². The van der Waals surface area contributed by atoms with Gasteiger partial charge in [-0.3, -0.25) is 9.20 Å². The summed E-state index contributed by atoms with van der Waals surface area (Å²) in [5, 5.41) is 0.654. The molecule has 1 N–H and O–H groups in total. The van der Waals surface area contributed by atoms with Gasteiger partial charge in [0.05, 0.1) is 6.20 Å². The van der Waals surface area contributed by atoms with Gasteiger partial charge in [0.25, 0.3) is 5.56 Å². The Morgan fingerprint density at radius 1 is 1.22 bits per heavy atom. The SMILES string of the molecule is CCc1ncc2c(=O)[nH]c3c(N(C)Cc4ccccc4)nc(SC)nc3n12. The Morgan fingerprint density at radius 2 is 2.00 bits per heavy atom. The van der Waals surface area contributed by atoms with Gasteiger partial charge >= 0.3 is 0 Å². The molecule has 0 aliphatic heterocycles. The minimum absolute atomic E-state index is 0.190. The van der Waals surface area contributed by atoms with Crippen molar-refractivity contribution in [3.05, 3.63) is 58.3 Å². The summed E-state index contributed by atoms with van der Waals surface area (Å²) in [6.07, 6.45) is 4.26. The van der Waals surface area contributed by atoms with Gasteiger partial charge in [-0.1, -0.05) is 49.0 Å². The van der Waals surface area contributed by atoms with E-state index in [9.17, 15) is 4.79 Å². The van der Waals surface area contributed by atoms with Crippen LogP contribution in [0.4, 0.5) is 5.82 Å². The highest BCUT2D eigenvalue weighted by Gasteiger charge is 2.18. The van der Waals surface area contributed by atoms with Crippen LogP contribution in [0.2, 0.25) is 0 Å². The molecule has 0 atom stereocenters. The molecule has 1 aromatic carbocycles. The van der Waals surface area contributed by atoms with Gasteiger partial charge in [-0.25, -0.2) is 15.0 Å². The van der Waals surface area contributed by atoms with Crippen molar-refractivity contribution in [1.29, 1.82) is 0 Å². The second kappa shape index (κ2) is 7.03. The van der Waals surface area contributed by atoms with E-state index in [1.54, 1.807) is 6.20 Å². The van der Waals surface area contributed by atoms with Gasteiger partial charge < -0.3 is 9.88 Å². The van der Waals surface area contributed by atoms with E-state index in [1.165, 1.54) is 11.8 Å². The molecular formula is C19H20N6OS. The Hall–Kier alpha value is -2.87. The molecule has 138 valence electrons. The van der Waals surface area contributed by atoms with Gasteiger partial charge in [0.15, 0.2) is 16.6 Å². The summed E-state index contributed by atoms with van der Waals surface area (Å²) in [4.78, 5) is 31.3. The van der Waals surface area contributed by atoms with Crippen molar-refractivity contribution in [3.8, 4) is 0 Å². The number of nitrogens with zero attached hydrogens (tertiary/aromatic N) is 5. The number of imidazole rings is 1. The molecule has 0 radical (unpaired) electrons. The van der Waals surface area contributed by atoms with E-state index in [2.05, 4.69) is 32.1 Å². The molecule has 0 bridgehead atoms. The molecule has 27 heavy (non-hydrogen) atoms. The van der Waals surface area contributed by atoms with E-state index in [1.807, 2.05) is 47.7 Å². The molecule has 3 aromatic heterocycles. The largest absolute Gasteiger partial charge is 0.353 e. The fraction of sp³-hybridized carbons (Fsp3) is 0.263. The average Bonchev–Trinajstić information content (AvgIpc) is 3.13. The van der Waals surface area contributed by atoms with Crippen molar-refractivity contribution in [2.45, 2.75) is 25.0 Å². The second-order valence-electron chi connectivity index (χ2n) is 6.28. The quantitative estimate of drug-likeness (QED) is 0.424. The van der Waals surface area contributed by atoms with Crippen molar-refractivity contribution in [3.63, 3.8) is 0 Å². The molecule has 0 amide bonds. The molecule has 0 aliphatic rings. The summed E-state index contributed by atoms with van der Waals surface area (Å²) in [5.41, 5.74) is 2.77. The summed E-state index contributed by atoms with van der Waals surface area (Å²) < 4.78 is 1.84. The normalized spacial score (nSPS) is 11.4. The van der Waals surface area contributed by atoms with Crippen molar-refractivity contribution in [2.75, 3.05) is 18.2 Å². The zero-order valence-corrected chi connectivity index (χ0v) is 16.2. The van der Waals surface area contributed by atoms with Crippen LogP contribution < -0.4 is 10.5 Å². The fourth-order valence-electron chi connectivity index (χ4n) is 3.20. The molecule has 0 unspecified atom stereocenters. The lowest BCUT2D eigenvalue weighted by Gasteiger charge is -2.20. The average molecular weight is 380 g/mol. The van der Waals surface area contributed by atoms with Crippen molar-refractivity contribution in [1.82, 2.24) is 24.3 Å². The summed E-state index contributed by atoms with van der Waals surface area (Å²) >= 11 is 1.48. The maximum Gasteiger partial charge on any atom is 0.274 e. The molecule has 0 saturated carbocycles. The molecule has 4 rings (SSSR count). The van der Waals surface area contributed by atoms with Gasteiger partial charge in [0.2, 0.25) is 0 Å². The molecule has 8 heteroatoms. The number of fused-ring (bicyclic) bond motifs is 3. The smallest absolute Gasteiger partial charge is 0.274 e. The minimum Gasteiger partial charge on any atom is -0.353 e. The summed E-state index contributed by atoms with van der Waals surface area (Å²) in [6.45, 7) is 2.69. The highest BCUT2D eigenvalue weighted by Crippen LogP contribution is 2.25. The zero-order valence-electron chi connectivity index (χ0n) is 15.4. The van der Waals surface area contributed by atoms with Crippen LogP contribution in [0.25, 0.3) is 16.7 Å². The molecule has 0 fully saturated rings. The van der Waals surface area contributed by atoms with Crippen molar-refractivity contribution < 1.29 is 0 Å². The highest BCUT2D eigenvalue weighted by molar-refractivity contribution is 7.98. The van der Waals surface area contributed by atoms with E-state index in [-0.39, 0.29) is 5.56 Å². The summed E-state index contributed by atoms with van der Waals surface area (Å²) in [5.74, 6) is 1.51. The van der Waals surface area contributed by atoms with Crippen LogP contribution in [0.3, 0.4) is 0 Å². The lowest BCUT2D eigenvalue weighted by molar-refractivity contribution is 0.855. The minimum atomic E-state index is -0.190. The lowest BCUT2D eigenvalue weighted by atomic mass is 10.2. The first-order valence-electron chi connectivity index (χ1n) is 8.71. The molecule has 0 saturated heterocycles. The summed E-state index contributed by atoms with van der Waals surface area (Å²) in [7, 11) is 1.97. The Kier molecular flexibility index (Phi) is 4.57. The van der Waals surface area contributed by atoms with Gasteiger partial charge in [0, 0.05) is 20.0 Å². The van der Waals surface area contributed by atoms with E-state index in [0.717, 1.165) is 11.4 Å². The van der Waals surface area contributed by atoms with E-state index in [0.29, 0.717) is 40.6 Å². The van der Waals surface area contributed by atoms with Crippen molar-refractivity contribution in [2.24, 2.45) is 0 Å². The maximum atomic E-state index is 12.6. The molecule has 0 spiro atoms. The third kappa shape index (κ3) is 3.06. The predicted octanol–water partition coefficient (Wildman–Crippen LogP) is 2.89. The molecule has 4 aromatic rings. The van der Waals surface area contributed by atoms with Crippen LogP contribution in [-0.2, 0) is 13.0 Å². The Labute approximate surface area is 160 Å². The molecular weight excluding hydrogens is 360 g/mol. The lowest BCUT2D eigenvalue weighted by Crippen LogP contribution is -2.21. The number of thioether (sulfide) groups is 1. The number of benzene rings is 1. The van der Waals surface area contributed by atoms with E-state index >= 15 is 0 Å². The molecule has 0 aliphatic carbocycles. The number of nitrogens with one attached hydrogen (secondary N) is 1. The number of H-pyrrole nitrogens is 1. The number of hydrogen-bond donors (Lipinski definition) is 1. The number of rotatable bonds is 5. The monoisotopic (exact) mass is 380 g/mol. The third-order valence-corrected chi connectivity index (χ3v) is 5.04. The number of hydrogen-bond acceptors (Lipinski definition) is 6. The maximum absolute atomic E-state index is 12.6. The van der Waals surface area contributed by atoms with E-state index < -0.39 is 0 Å². The van der Waals surface area contributed by atoms with Gasteiger partial charge in [0.1, 0.15) is 16.9 Å². The Balaban J connectivity index is 1.97. The summed E-state index contributed by atoms with van der Waals surface area (Å²) in [6, 6.07) is 10.2.